The van der Waals surface area contributed by atoms with Crippen molar-refractivity contribution in [3.8, 4) is 11.8 Å². The lowest BCUT2D eigenvalue weighted by atomic mass is 10.2. The van der Waals surface area contributed by atoms with Gasteiger partial charge < -0.3 is 9.80 Å². The number of halogens is 2. The van der Waals surface area contributed by atoms with Gasteiger partial charge in [0.05, 0.1) is 11.4 Å². The standard InChI is InChI=1S/C19H16F2N6/c20-14-5-7-15(8-6-14)27-23-17(13-22)19(24-27)26-11-9-25(10-12-26)18-4-2-1-3-16(18)21/h1-8H,9-12H2. The molecule has 1 aliphatic rings. The van der Waals surface area contributed by atoms with Crippen molar-refractivity contribution in [3.63, 3.8) is 0 Å². The van der Waals surface area contributed by atoms with Gasteiger partial charge in [-0.2, -0.15) is 5.26 Å². The molecular weight excluding hydrogens is 350 g/mol. The maximum Gasteiger partial charge on any atom is 0.207 e. The molecule has 0 amide bonds. The summed E-state index contributed by atoms with van der Waals surface area (Å²) in [6, 6.07) is 14.5. The first kappa shape index (κ1) is 17.0. The molecule has 0 aliphatic carbocycles. The van der Waals surface area contributed by atoms with E-state index in [1.165, 1.54) is 23.0 Å². The molecule has 1 aromatic heterocycles. The van der Waals surface area contributed by atoms with Crippen molar-refractivity contribution in [2.24, 2.45) is 0 Å². The number of anilines is 2. The lowest BCUT2D eigenvalue weighted by Gasteiger charge is -2.36. The van der Waals surface area contributed by atoms with Gasteiger partial charge in [0.2, 0.25) is 5.69 Å². The van der Waals surface area contributed by atoms with Crippen LogP contribution < -0.4 is 9.80 Å². The van der Waals surface area contributed by atoms with E-state index in [-0.39, 0.29) is 17.3 Å². The molecule has 0 saturated carbocycles. The second-order valence-electron chi connectivity index (χ2n) is 6.18. The van der Waals surface area contributed by atoms with Gasteiger partial charge >= 0.3 is 0 Å². The summed E-state index contributed by atoms with van der Waals surface area (Å²) in [5.41, 5.74) is 1.36. The van der Waals surface area contributed by atoms with Gasteiger partial charge in [-0.15, -0.1) is 15.0 Å². The summed E-state index contributed by atoms with van der Waals surface area (Å²) in [6.07, 6.45) is 0. The largest absolute Gasteiger partial charge is 0.366 e. The van der Waals surface area contributed by atoms with Crippen LogP contribution in [-0.2, 0) is 0 Å². The van der Waals surface area contributed by atoms with Crippen LogP contribution in [-0.4, -0.2) is 41.2 Å². The second kappa shape index (κ2) is 7.03. The van der Waals surface area contributed by atoms with Crippen molar-refractivity contribution in [2.45, 2.75) is 0 Å². The molecule has 8 heteroatoms. The number of para-hydroxylation sites is 1. The molecule has 136 valence electrons. The van der Waals surface area contributed by atoms with E-state index in [4.69, 9.17) is 0 Å². The summed E-state index contributed by atoms with van der Waals surface area (Å²) in [7, 11) is 0. The predicted octanol–water partition coefficient (Wildman–Crippen LogP) is 2.74. The number of benzene rings is 2. The number of piperazine rings is 1. The fourth-order valence-electron chi connectivity index (χ4n) is 3.14. The smallest absolute Gasteiger partial charge is 0.207 e. The van der Waals surface area contributed by atoms with Gasteiger partial charge in [-0.05, 0) is 36.4 Å². The highest BCUT2D eigenvalue weighted by atomic mass is 19.1. The van der Waals surface area contributed by atoms with Crippen molar-refractivity contribution < 1.29 is 8.78 Å². The highest BCUT2D eigenvalue weighted by Crippen LogP contribution is 2.23. The summed E-state index contributed by atoms with van der Waals surface area (Å²) < 4.78 is 27.1. The Labute approximate surface area is 154 Å². The molecule has 0 spiro atoms. The summed E-state index contributed by atoms with van der Waals surface area (Å²) >= 11 is 0. The van der Waals surface area contributed by atoms with E-state index in [0.29, 0.717) is 43.4 Å². The lowest BCUT2D eigenvalue weighted by molar-refractivity contribution is 0.595. The Morgan fingerprint density at radius 3 is 2.19 bits per heavy atom. The predicted molar refractivity (Wildman–Crippen MR) is 96.9 cm³/mol. The Morgan fingerprint density at radius 2 is 1.52 bits per heavy atom. The van der Waals surface area contributed by atoms with Gasteiger partial charge in [-0.25, -0.2) is 8.78 Å². The third-order valence-electron chi connectivity index (χ3n) is 4.53. The zero-order chi connectivity index (χ0) is 18.8. The van der Waals surface area contributed by atoms with Gasteiger partial charge in [0.25, 0.3) is 0 Å². The molecule has 0 radical (unpaired) electrons. The van der Waals surface area contributed by atoms with Gasteiger partial charge in [-0.1, -0.05) is 12.1 Å². The van der Waals surface area contributed by atoms with Crippen LogP contribution in [0.25, 0.3) is 5.69 Å². The average Bonchev–Trinajstić information content (AvgIpc) is 3.13. The first-order valence-corrected chi connectivity index (χ1v) is 8.53. The van der Waals surface area contributed by atoms with Crippen LogP contribution in [0.15, 0.2) is 48.5 Å². The van der Waals surface area contributed by atoms with E-state index in [0.717, 1.165) is 0 Å². The Balaban J connectivity index is 1.54. The number of nitrogens with zero attached hydrogens (tertiary/aromatic N) is 6. The molecular formula is C19H16F2N6. The Bertz CT molecular complexity index is 984. The molecule has 1 aliphatic heterocycles. The molecule has 0 bridgehead atoms. The molecule has 1 saturated heterocycles. The molecule has 27 heavy (non-hydrogen) atoms. The van der Waals surface area contributed by atoms with Crippen molar-refractivity contribution in [2.75, 3.05) is 36.0 Å². The maximum atomic E-state index is 14.0. The topological polar surface area (TPSA) is 61.0 Å². The monoisotopic (exact) mass is 366 g/mol. The molecule has 0 N–H and O–H groups in total. The van der Waals surface area contributed by atoms with Crippen LogP contribution in [0.1, 0.15) is 5.69 Å². The van der Waals surface area contributed by atoms with Crippen LogP contribution in [0.5, 0.6) is 0 Å². The Hall–Kier alpha value is -3.47. The number of nitriles is 1. The SMILES string of the molecule is N#Cc1nn(-c2ccc(F)cc2)nc1N1CCN(c2ccccc2F)CC1. The van der Waals surface area contributed by atoms with Crippen LogP contribution in [0.4, 0.5) is 20.3 Å². The van der Waals surface area contributed by atoms with Gasteiger partial charge in [0.1, 0.15) is 17.7 Å². The van der Waals surface area contributed by atoms with Gasteiger partial charge in [-0.3, -0.25) is 0 Å². The molecule has 1 fully saturated rings. The zero-order valence-corrected chi connectivity index (χ0v) is 14.4. The van der Waals surface area contributed by atoms with Crippen molar-refractivity contribution in [1.82, 2.24) is 15.0 Å². The molecule has 2 aromatic carbocycles. The Kier molecular flexibility index (Phi) is 4.42. The average molecular weight is 366 g/mol. The van der Waals surface area contributed by atoms with E-state index in [9.17, 15) is 14.0 Å². The number of hydrogen-bond donors (Lipinski definition) is 0. The molecule has 4 rings (SSSR count). The summed E-state index contributed by atoms with van der Waals surface area (Å²) in [5.74, 6) is -0.114. The minimum atomic E-state index is -0.351. The van der Waals surface area contributed by atoms with Crippen LogP contribution >= 0.6 is 0 Å². The van der Waals surface area contributed by atoms with E-state index >= 15 is 0 Å². The quantitative estimate of drug-likeness (QED) is 0.713. The first-order chi connectivity index (χ1) is 13.2. The fraction of sp³-hybridized carbons (Fsp3) is 0.211. The third kappa shape index (κ3) is 3.31. The highest BCUT2D eigenvalue weighted by molar-refractivity contribution is 5.54. The maximum absolute atomic E-state index is 14.0. The number of hydrogen-bond acceptors (Lipinski definition) is 5. The zero-order valence-electron chi connectivity index (χ0n) is 14.4. The summed E-state index contributed by atoms with van der Waals surface area (Å²) in [5, 5.41) is 18.0. The Morgan fingerprint density at radius 1 is 0.852 bits per heavy atom. The van der Waals surface area contributed by atoms with Crippen LogP contribution in [0.2, 0.25) is 0 Å². The van der Waals surface area contributed by atoms with Crippen LogP contribution in [0, 0.1) is 23.0 Å². The molecule has 6 nitrogen and oxygen atoms in total. The summed E-state index contributed by atoms with van der Waals surface area (Å²) in [4.78, 5) is 5.27. The first-order valence-electron chi connectivity index (χ1n) is 8.53. The minimum absolute atomic E-state index is 0.207. The van der Waals surface area contributed by atoms with E-state index in [1.54, 1.807) is 24.3 Å². The van der Waals surface area contributed by atoms with E-state index in [2.05, 4.69) is 16.3 Å². The fourth-order valence-corrected chi connectivity index (χ4v) is 3.14. The second-order valence-corrected chi connectivity index (χ2v) is 6.18. The molecule has 0 atom stereocenters. The number of rotatable bonds is 3. The van der Waals surface area contributed by atoms with Crippen LogP contribution in [0.3, 0.4) is 0 Å². The molecule has 0 unspecified atom stereocenters. The highest BCUT2D eigenvalue weighted by Gasteiger charge is 2.24. The van der Waals surface area contributed by atoms with Crippen molar-refractivity contribution >= 4 is 11.5 Å². The van der Waals surface area contributed by atoms with Gasteiger partial charge in [0.15, 0.2) is 5.82 Å². The minimum Gasteiger partial charge on any atom is -0.366 e. The van der Waals surface area contributed by atoms with E-state index < -0.39 is 0 Å². The molecule has 3 aromatic rings. The normalized spacial score (nSPS) is 14.3. The lowest BCUT2D eigenvalue weighted by Crippen LogP contribution is -2.47. The van der Waals surface area contributed by atoms with Crippen molar-refractivity contribution in [3.05, 3.63) is 65.9 Å². The summed E-state index contributed by atoms with van der Waals surface area (Å²) in [6.45, 7) is 2.39. The van der Waals surface area contributed by atoms with Crippen molar-refractivity contribution in [1.29, 1.82) is 5.26 Å². The number of aromatic nitrogens is 3. The molecule has 2 heterocycles. The van der Waals surface area contributed by atoms with E-state index in [1.807, 2.05) is 15.9 Å². The third-order valence-corrected chi connectivity index (χ3v) is 4.53. The van der Waals surface area contributed by atoms with Gasteiger partial charge in [0, 0.05) is 26.2 Å².